The van der Waals surface area contributed by atoms with Crippen molar-refractivity contribution in [3.8, 4) is 22.3 Å². The predicted molar refractivity (Wildman–Crippen MR) is 274 cm³/mol. The summed E-state index contributed by atoms with van der Waals surface area (Å²) in [5.41, 5.74) is 21.1. The van der Waals surface area contributed by atoms with Crippen LogP contribution in [-0.2, 0) is 6.42 Å². The summed E-state index contributed by atoms with van der Waals surface area (Å²) in [6, 6.07) is 51.6. The second-order valence-corrected chi connectivity index (χ2v) is 16.8. The van der Waals surface area contributed by atoms with Crippen molar-refractivity contribution in [3.05, 3.63) is 244 Å². The van der Waals surface area contributed by atoms with Crippen molar-refractivity contribution in [3.63, 3.8) is 0 Å². The van der Waals surface area contributed by atoms with Crippen LogP contribution >= 0.6 is 0 Å². The van der Waals surface area contributed by atoms with Gasteiger partial charge in [-0.3, -0.25) is 0 Å². The molecule has 0 radical (unpaired) electrons. The minimum absolute atomic E-state index is 0.669. The molecule has 0 N–H and O–H groups in total. The van der Waals surface area contributed by atoms with Gasteiger partial charge < -0.3 is 4.42 Å². The third kappa shape index (κ3) is 8.09. The molecule has 0 atom stereocenters. The van der Waals surface area contributed by atoms with Crippen LogP contribution in [0.4, 0.5) is 0 Å². The Hall–Kier alpha value is -7.62. The Kier molecular flexibility index (Phi) is 11.5. The fourth-order valence-electron chi connectivity index (χ4n) is 8.93. The molecule has 0 aliphatic heterocycles. The molecule has 3 nitrogen and oxygen atoms in total. The number of para-hydroxylation sites is 1. The monoisotopic (exact) mass is 828 g/mol. The molecule has 0 fully saturated rings. The van der Waals surface area contributed by atoms with Crippen LogP contribution in [-0.4, -0.2) is 11.4 Å². The van der Waals surface area contributed by atoms with E-state index >= 15 is 0 Å². The number of hydrogen-bond donors (Lipinski definition) is 0. The Morgan fingerprint density at radius 3 is 1.94 bits per heavy atom. The van der Waals surface area contributed by atoms with E-state index in [9.17, 15) is 0 Å². The molecule has 1 aliphatic rings. The first kappa shape index (κ1) is 41.7. The average Bonchev–Trinajstić information content (AvgIpc) is 3.66. The van der Waals surface area contributed by atoms with Gasteiger partial charge in [-0.05, 0) is 149 Å². The summed E-state index contributed by atoms with van der Waals surface area (Å²) in [7, 11) is 0. The normalized spacial score (nSPS) is 14.2. The Labute approximate surface area is 377 Å². The number of furan rings is 1. The zero-order valence-corrected chi connectivity index (χ0v) is 37.6. The number of aryl methyl sites for hydroxylation is 5. The lowest BCUT2D eigenvalue weighted by molar-refractivity contribution is 0.602. The Balaban J connectivity index is 1.06. The smallest absolute Gasteiger partial charge is 0.157 e. The van der Waals surface area contributed by atoms with Gasteiger partial charge >= 0.3 is 0 Å². The number of hydrogen-bond acceptors (Lipinski definition) is 3. The Bertz CT molecular complexity index is 3340. The quantitative estimate of drug-likeness (QED) is 0.127. The van der Waals surface area contributed by atoms with E-state index in [0.29, 0.717) is 5.70 Å². The van der Waals surface area contributed by atoms with E-state index in [4.69, 9.17) is 14.4 Å². The summed E-state index contributed by atoms with van der Waals surface area (Å²) < 4.78 is 6.61. The highest BCUT2D eigenvalue weighted by Gasteiger charge is 2.20. The van der Waals surface area contributed by atoms with Crippen LogP contribution in [0.1, 0.15) is 69.7 Å². The molecule has 1 heterocycles. The van der Waals surface area contributed by atoms with Crippen molar-refractivity contribution < 1.29 is 4.42 Å². The highest BCUT2D eigenvalue weighted by atomic mass is 16.3. The highest BCUT2D eigenvalue weighted by molar-refractivity contribution is 6.18. The molecule has 0 unspecified atom stereocenters. The van der Waals surface area contributed by atoms with E-state index in [2.05, 4.69) is 200 Å². The third-order valence-corrected chi connectivity index (χ3v) is 12.7. The highest BCUT2D eigenvalue weighted by Crippen LogP contribution is 2.35. The Morgan fingerprint density at radius 1 is 0.547 bits per heavy atom. The Morgan fingerprint density at radius 2 is 1.17 bits per heavy atom. The van der Waals surface area contributed by atoms with Gasteiger partial charge in [-0.15, -0.1) is 0 Å². The standard InChI is InChI=1S/C61H52N2O/c1-9-45-19-11-13-23-56(45)53-33-32-47(34-40(53)4)43(7)62-58-24-16-14-21-54(58)41(5)46-28-29-50-36-51(31-30-49(50)35-46)60(61-42(6)55-22-15-17-25-59(55)64-61)63-44(8)48-27-26-39(3)57(37-48)52-20-12-10-18-38(52)2/h10-37H,7-9H2,1-6H3/b54-41+,62-58?,63-60?. The summed E-state index contributed by atoms with van der Waals surface area (Å²) in [5, 5.41) is 3.30. The van der Waals surface area contributed by atoms with Crippen LogP contribution in [0.3, 0.4) is 0 Å². The lowest BCUT2D eigenvalue weighted by Gasteiger charge is -2.15. The van der Waals surface area contributed by atoms with Crippen molar-refractivity contribution in [2.45, 2.75) is 48.0 Å². The summed E-state index contributed by atoms with van der Waals surface area (Å²) in [5.74, 6) is 0.739. The molecular formula is C61H52N2O. The van der Waals surface area contributed by atoms with E-state index in [0.717, 1.165) is 90.0 Å². The molecule has 8 aromatic rings. The zero-order valence-electron chi connectivity index (χ0n) is 37.6. The van der Waals surface area contributed by atoms with E-state index in [-0.39, 0.29) is 0 Å². The zero-order chi connectivity index (χ0) is 44.5. The molecule has 1 aromatic heterocycles. The van der Waals surface area contributed by atoms with Gasteiger partial charge in [0, 0.05) is 27.6 Å². The van der Waals surface area contributed by atoms with Gasteiger partial charge in [0.25, 0.3) is 0 Å². The van der Waals surface area contributed by atoms with Crippen molar-refractivity contribution in [1.82, 2.24) is 0 Å². The fourth-order valence-corrected chi connectivity index (χ4v) is 8.93. The summed E-state index contributed by atoms with van der Waals surface area (Å²) in [6.07, 6.45) is 9.33. The summed E-state index contributed by atoms with van der Waals surface area (Å²) >= 11 is 0. The summed E-state index contributed by atoms with van der Waals surface area (Å²) in [4.78, 5) is 10.4. The SMILES string of the molecule is C=C(N=C1C=CC=C/C1=C(/C)c1ccc2cc(C(=NC(=C)c3ccc(C)c(-c4ccccc4C)c3)c3oc4ccccc4c3C)ccc2c1)c1ccc(-c2ccccc2CC)c(C)c1. The minimum Gasteiger partial charge on any atom is -0.454 e. The molecule has 0 bridgehead atoms. The first-order chi connectivity index (χ1) is 31.1. The fraction of sp³-hybridized carbons (Fsp3) is 0.115. The molecular weight excluding hydrogens is 777 g/mol. The topological polar surface area (TPSA) is 37.9 Å². The number of rotatable bonds is 10. The van der Waals surface area contributed by atoms with E-state index in [1.54, 1.807) is 0 Å². The maximum Gasteiger partial charge on any atom is 0.157 e. The van der Waals surface area contributed by atoms with Crippen LogP contribution < -0.4 is 0 Å². The molecule has 3 heteroatoms. The third-order valence-electron chi connectivity index (χ3n) is 12.7. The lowest BCUT2D eigenvalue weighted by Crippen LogP contribution is -2.05. The number of aliphatic imine (C=N–C) groups is 2. The molecule has 0 saturated heterocycles. The minimum atomic E-state index is 0.669. The van der Waals surface area contributed by atoms with Gasteiger partial charge in [-0.25, -0.2) is 9.98 Å². The van der Waals surface area contributed by atoms with Crippen molar-refractivity contribution in [2.24, 2.45) is 9.98 Å². The first-order valence-corrected chi connectivity index (χ1v) is 22.1. The molecule has 9 rings (SSSR count). The van der Waals surface area contributed by atoms with Gasteiger partial charge in [0.05, 0.1) is 17.1 Å². The van der Waals surface area contributed by atoms with E-state index < -0.39 is 0 Å². The van der Waals surface area contributed by atoms with Crippen LogP contribution in [0.15, 0.2) is 203 Å². The van der Waals surface area contributed by atoms with Gasteiger partial charge in [0.1, 0.15) is 11.3 Å². The largest absolute Gasteiger partial charge is 0.454 e. The van der Waals surface area contributed by atoms with Crippen LogP contribution in [0.2, 0.25) is 0 Å². The van der Waals surface area contributed by atoms with Crippen LogP contribution in [0.5, 0.6) is 0 Å². The van der Waals surface area contributed by atoms with E-state index in [1.165, 1.54) is 44.5 Å². The first-order valence-electron chi connectivity index (χ1n) is 22.1. The molecule has 0 amide bonds. The van der Waals surface area contributed by atoms with Crippen molar-refractivity contribution >= 4 is 50.1 Å². The van der Waals surface area contributed by atoms with Gasteiger partial charge in [-0.2, -0.15) is 0 Å². The maximum absolute atomic E-state index is 6.61. The van der Waals surface area contributed by atoms with Gasteiger partial charge in [-0.1, -0.05) is 154 Å². The molecule has 64 heavy (non-hydrogen) atoms. The van der Waals surface area contributed by atoms with Gasteiger partial charge in [0.2, 0.25) is 0 Å². The van der Waals surface area contributed by atoms with Gasteiger partial charge in [0.15, 0.2) is 5.76 Å². The number of fused-ring (bicyclic) bond motifs is 2. The summed E-state index contributed by atoms with van der Waals surface area (Å²) in [6.45, 7) is 21.9. The average molecular weight is 829 g/mol. The second kappa shape index (κ2) is 17.6. The number of allylic oxidation sites excluding steroid dienone is 6. The molecule has 312 valence electrons. The van der Waals surface area contributed by atoms with Crippen LogP contribution in [0, 0.1) is 27.7 Å². The number of benzene rings is 7. The molecule has 0 spiro atoms. The molecule has 7 aromatic carbocycles. The second-order valence-electron chi connectivity index (χ2n) is 16.8. The van der Waals surface area contributed by atoms with Crippen molar-refractivity contribution in [2.75, 3.05) is 0 Å². The molecule has 1 aliphatic carbocycles. The van der Waals surface area contributed by atoms with Crippen molar-refractivity contribution in [1.29, 1.82) is 0 Å². The predicted octanol–water partition coefficient (Wildman–Crippen LogP) is 16.2. The molecule has 0 saturated carbocycles. The lowest BCUT2D eigenvalue weighted by atomic mass is 9.92. The van der Waals surface area contributed by atoms with E-state index in [1.807, 2.05) is 24.3 Å². The van der Waals surface area contributed by atoms with Crippen LogP contribution in [0.25, 0.3) is 61.0 Å². The maximum atomic E-state index is 6.61. The number of nitrogens with zero attached hydrogens (tertiary/aromatic N) is 2.